The van der Waals surface area contributed by atoms with Crippen molar-refractivity contribution in [3.05, 3.63) is 29.0 Å². The van der Waals surface area contributed by atoms with Gasteiger partial charge >= 0.3 is 0 Å². The number of aromatic nitrogens is 3. The zero-order valence-corrected chi connectivity index (χ0v) is 9.70. The Labute approximate surface area is 96.9 Å². The summed E-state index contributed by atoms with van der Waals surface area (Å²) in [6.45, 7) is 0. The van der Waals surface area contributed by atoms with Gasteiger partial charge in [0.1, 0.15) is 5.78 Å². The van der Waals surface area contributed by atoms with Crippen LogP contribution in [-0.4, -0.2) is 20.5 Å². The molecule has 2 rings (SSSR count). The first-order valence-electron chi connectivity index (χ1n) is 4.82. The van der Waals surface area contributed by atoms with Crippen molar-refractivity contribution in [3.8, 4) is 0 Å². The van der Waals surface area contributed by atoms with Crippen LogP contribution in [-0.2, 0) is 24.7 Å². The molecule has 2 aromatic heterocycles. The van der Waals surface area contributed by atoms with Gasteiger partial charge in [-0.1, -0.05) is 0 Å². The fourth-order valence-electron chi connectivity index (χ4n) is 1.46. The second-order valence-corrected chi connectivity index (χ2v) is 4.48. The quantitative estimate of drug-likeness (QED) is 0.852. The average molecular weight is 236 g/mol. The zero-order chi connectivity index (χ0) is 11.5. The first kappa shape index (κ1) is 10.8. The monoisotopic (exact) mass is 236 g/mol. The van der Waals surface area contributed by atoms with Crippen LogP contribution < -0.4 is 5.73 Å². The van der Waals surface area contributed by atoms with Crippen molar-refractivity contribution < 1.29 is 4.79 Å². The summed E-state index contributed by atoms with van der Waals surface area (Å²) >= 11 is 1.35. The summed E-state index contributed by atoms with van der Waals surface area (Å²) in [4.78, 5) is 15.7. The minimum absolute atomic E-state index is 0.123. The molecule has 2 heterocycles. The van der Waals surface area contributed by atoms with Crippen molar-refractivity contribution in [1.29, 1.82) is 0 Å². The Kier molecular flexibility index (Phi) is 3.00. The lowest BCUT2D eigenvalue weighted by Crippen LogP contribution is -2.06. The molecule has 16 heavy (non-hydrogen) atoms. The Morgan fingerprint density at radius 1 is 1.56 bits per heavy atom. The lowest BCUT2D eigenvalue weighted by molar-refractivity contribution is -0.117. The first-order valence-corrected chi connectivity index (χ1v) is 5.70. The molecule has 0 amide bonds. The van der Waals surface area contributed by atoms with Crippen LogP contribution in [0, 0.1) is 0 Å². The van der Waals surface area contributed by atoms with Gasteiger partial charge in [-0.15, -0.1) is 11.3 Å². The molecule has 0 spiro atoms. The van der Waals surface area contributed by atoms with E-state index in [4.69, 9.17) is 5.73 Å². The van der Waals surface area contributed by atoms with E-state index in [2.05, 4.69) is 10.1 Å². The molecule has 5 nitrogen and oxygen atoms in total. The van der Waals surface area contributed by atoms with Crippen molar-refractivity contribution in [2.75, 3.05) is 5.73 Å². The maximum Gasteiger partial charge on any atom is 0.180 e. The molecule has 0 aliphatic carbocycles. The molecule has 0 aromatic carbocycles. The van der Waals surface area contributed by atoms with Gasteiger partial charge in [0.25, 0.3) is 0 Å². The van der Waals surface area contributed by atoms with E-state index in [-0.39, 0.29) is 5.78 Å². The first-order chi connectivity index (χ1) is 7.63. The van der Waals surface area contributed by atoms with Gasteiger partial charge in [-0.05, 0) is 5.56 Å². The van der Waals surface area contributed by atoms with Gasteiger partial charge in [-0.3, -0.25) is 9.48 Å². The van der Waals surface area contributed by atoms with Crippen molar-refractivity contribution in [2.45, 2.75) is 12.8 Å². The summed E-state index contributed by atoms with van der Waals surface area (Å²) in [6.07, 6.45) is 4.27. The van der Waals surface area contributed by atoms with Gasteiger partial charge in [-0.25, -0.2) is 4.98 Å². The van der Waals surface area contributed by atoms with Crippen molar-refractivity contribution in [2.24, 2.45) is 7.05 Å². The molecule has 0 bridgehead atoms. The lowest BCUT2D eigenvalue weighted by Gasteiger charge is -1.95. The molecule has 2 N–H and O–H groups in total. The fraction of sp³-hybridized carbons (Fsp3) is 0.300. The molecule has 84 valence electrons. The molecule has 0 fully saturated rings. The largest absolute Gasteiger partial charge is 0.375 e. The number of thiazole rings is 1. The summed E-state index contributed by atoms with van der Waals surface area (Å²) < 4.78 is 1.68. The number of nitrogens with zero attached hydrogens (tertiary/aromatic N) is 3. The van der Waals surface area contributed by atoms with Crippen LogP contribution in [0.15, 0.2) is 17.8 Å². The van der Waals surface area contributed by atoms with E-state index in [1.807, 2.05) is 18.6 Å². The van der Waals surface area contributed by atoms with Crippen LogP contribution in [0.1, 0.15) is 11.3 Å². The standard InChI is InChI=1S/C10H12N4OS/c1-14-5-7(4-12-14)2-9(15)3-8-6-16-10(11)13-8/h4-6H,2-3H2,1H3,(H2,11,13). The number of rotatable bonds is 4. The average Bonchev–Trinajstić information content (AvgIpc) is 2.76. The SMILES string of the molecule is Cn1cc(CC(=O)Cc2csc(N)n2)cn1. The van der Waals surface area contributed by atoms with Gasteiger partial charge in [0.05, 0.1) is 11.9 Å². The van der Waals surface area contributed by atoms with E-state index in [0.717, 1.165) is 11.3 Å². The highest BCUT2D eigenvalue weighted by molar-refractivity contribution is 7.13. The number of hydrogen-bond donors (Lipinski definition) is 1. The molecule has 0 unspecified atom stereocenters. The molecule has 0 saturated carbocycles. The summed E-state index contributed by atoms with van der Waals surface area (Å²) in [5.74, 6) is 0.123. The number of nitrogens with two attached hydrogens (primary N) is 1. The van der Waals surface area contributed by atoms with E-state index in [1.54, 1.807) is 10.9 Å². The molecule has 0 radical (unpaired) electrons. The number of Topliss-reactive ketones (excluding diaryl/α,β-unsaturated/α-hetero) is 1. The van der Waals surface area contributed by atoms with E-state index >= 15 is 0 Å². The molecule has 0 aliphatic heterocycles. The summed E-state index contributed by atoms with van der Waals surface area (Å²) in [7, 11) is 1.83. The number of carbonyl (C=O) groups is 1. The van der Waals surface area contributed by atoms with Gasteiger partial charge in [0.15, 0.2) is 5.13 Å². The van der Waals surface area contributed by atoms with Crippen molar-refractivity contribution in [3.63, 3.8) is 0 Å². The Hall–Kier alpha value is -1.69. The predicted molar refractivity (Wildman–Crippen MR) is 62.1 cm³/mol. The Bertz CT molecular complexity index is 458. The second-order valence-electron chi connectivity index (χ2n) is 3.59. The van der Waals surface area contributed by atoms with Gasteiger partial charge in [0.2, 0.25) is 0 Å². The van der Waals surface area contributed by atoms with Gasteiger partial charge in [0, 0.05) is 31.5 Å². The van der Waals surface area contributed by atoms with Crippen molar-refractivity contribution in [1.82, 2.24) is 14.8 Å². The van der Waals surface area contributed by atoms with Crippen molar-refractivity contribution >= 4 is 22.3 Å². The minimum atomic E-state index is 0.123. The number of anilines is 1. The third kappa shape index (κ3) is 2.66. The van der Waals surface area contributed by atoms with Crippen LogP contribution >= 0.6 is 11.3 Å². The normalized spacial score (nSPS) is 10.6. The zero-order valence-electron chi connectivity index (χ0n) is 8.88. The number of aryl methyl sites for hydroxylation is 1. The van der Waals surface area contributed by atoms with Crippen LogP contribution in [0.2, 0.25) is 0 Å². The molecular formula is C10H12N4OS. The highest BCUT2D eigenvalue weighted by atomic mass is 32.1. The Morgan fingerprint density at radius 2 is 2.38 bits per heavy atom. The molecular weight excluding hydrogens is 224 g/mol. The predicted octanol–water partition coefficient (Wildman–Crippen LogP) is 0.813. The van der Waals surface area contributed by atoms with Crippen LogP contribution in [0.25, 0.3) is 0 Å². The lowest BCUT2D eigenvalue weighted by atomic mass is 10.1. The van der Waals surface area contributed by atoms with Crippen LogP contribution in [0.3, 0.4) is 0 Å². The smallest absolute Gasteiger partial charge is 0.180 e. The molecule has 0 saturated heterocycles. The number of carbonyl (C=O) groups excluding carboxylic acids is 1. The maximum atomic E-state index is 11.7. The van der Waals surface area contributed by atoms with E-state index in [1.165, 1.54) is 11.3 Å². The topological polar surface area (TPSA) is 73.8 Å². The highest BCUT2D eigenvalue weighted by Crippen LogP contribution is 2.12. The number of ketones is 1. The fourth-order valence-corrected chi connectivity index (χ4v) is 2.02. The summed E-state index contributed by atoms with van der Waals surface area (Å²) in [5.41, 5.74) is 7.17. The summed E-state index contributed by atoms with van der Waals surface area (Å²) in [6, 6.07) is 0. The van der Waals surface area contributed by atoms with E-state index in [0.29, 0.717) is 18.0 Å². The Balaban J connectivity index is 1.94. The third-order valence-corrected chi connectivity index (χ3v) is 2.83. The van der Waals surface area contributed by atoms with Crippen LogP contribution in [0.5, 0.6) is 0 Å². The maximum absolute atomic E-state index is 11.7. The minimum Gasteiger partial charge on any atom is -0.375 e. The van der Waals surface area contributed by atoms with Gasteiger partial charge < -0.3 is 5.73 Å². The molecule has 6 heteroatoms. The molecule has 0 aliphatic rings. The van der Waals surface area contributed by atoms with Crippen LogP contribution in [0.4, 0.5) is 5.13 Å². The second kappa shape index (κ2) is 4.44. The van der Waals surface area contributed by atoms with E-state index < -0.39 is 0 Å². The van der Waals surface area contributed by atoms with Gasteiger partial charge in [-0.2, -0.15) is 5.10 Å². The molecule has 2 aromatic rings. The summed E-state index contributed by atoms with van der Waals surface area (Å²) in [5, 5.41) is 6.33. The Morgan fingerprint density at radius 3 is 2.94 bits per heavy atom. The van der Waals surface area contributed by atoms with E-state index in [9.17, 15) is 4.79 Å². The number of hydrogen-bond acceptors (Lipinski definition) is 5. The molecule has 0 atom stereocenters. The third-order valence-electron chi connectivity index (χ3n) is 2.11. The number of nitrogen functional groups attached to an aromatic ring is 1. The highest BCUT2D eigenvalue weighted by Gasteiger charge is 2.08.